The number of carbonyl (C=O) groups excluding carboxylic acids is 3. The maximum absolute atomic E-state index is 13.7. The van der Waals surface area contributed by atoms with Gasteiger partial charge in [-0.15, -0.1) is 10.2 Å². The molecule has 0 bridgehead atoms. The number of benzene rings is 3. The molecule has 0 aliphatic heterocycles. The molecule has 1 heterocycles. The lowest BCUT2D eigenvalue weighted by atomic mass is 9.81. The molecule has 0 saturated heterocycles. The second-order valence-corrected chi connectivity index (χ2v) is 14.4. The van der Waals surface area contributed by atoms with Crippen LogP contribution in [0.25, 0.3) is 22.5 Å². The summed E-state index contributed by atoms with van der Waals surface area (Å²) in [7, 11) is 8.00. The van der Waals surface area contributed by atoms with E-state index in [0.717, 1.165) is 66.6 Å². The predicted molar refractivity (Wildman–Crippen MR) is 203 cm³/mol. The third-order valence-corrected chi connectivity index (χ3v) is 9.64. The lowest BCUT2D eigenvalue weighted by molar-refractivity contribution is -0.130. The molecule has 6 N–H and O–H groups in total. The number of nitrogens with two attached hydrogens (primary N) is 1. The van der Waals surface area contributed by atoms with E-state index in [1.165, 1.54) is 0 Å². The Kier molecular flexibility index (Phi) is 13.2. The van der Waals surface area contributed by atoms with Gasteiger partial charge in [0.2, 0.25) is 17.6 Å². The molecule has 3 amide bonds. The van der Waals surface area contributed by atoms with Crippen molar-refractivity contribution in [2.24, 2.45) is 17.6 Å². The second-order valence-electron chi connectivity index (χ2n) is 14.4. The molecule has 0 unspecified atom stereocenters. The quantitative estimate of drug-likeness (QED) is 0.124. The van der Waals surface area contributed by atoms with Gasteiger partial charge >= 0.3 is 0 Å². The molecule has 0 spiro atoms. The molecule has 13 nitrogen and oxygen atoms in total. The molecule has 52 heavy (non-hydrogen) atoms. The molecule has 0 radical (unpaired) electrons. The van der Waals surface area contributed by atoms with E-state index in [1.54, 1.807) is 24.3 Å². The molecule has 3 aromatic carbocycles. The smallest absolute Gasteiger partial charge is 0.251 e. The maximum Gasteiger partial charge on any atom is 0.251 e. The summed E-state index contributed by atoms with van der Waals surface area (Å²) in [4.78, 5) is 44.5. The van der Waals surface area contributed by atoms with Gasteiger partial charge in [-0.1, -0.05) is 30.3 Å². The summed E-state index contributed by atoms with van der Waals surface area (Å²) in [6.45, 7) is 4.12. The van der Waals surface area contributed by atoms with Crippen molar-refractivity contribution in [1.29, 1.82) is 0 Å². The van der Waals surface area contributed by atoms with Crippen LogP contribution in [-0.4, -0.2) is 108 Å². The van der Waals surface area contributed by atoms with E-state index in [1.807, 2.05) is 77.6 Å². The standard InChI is InChI=1S/C39H52N10O3/c1-25-20-31(38(51)42-33(23-48(2)3)24-49(4)5)16-19-34(25)28-10-6-26(7-11-28)21-35(43-37(50)30-12-8-27(22-40)9-13-30)39(52)41-32-17-14-29(15-18-32)36-44-46-47-45-36/h6-7,10-11,14-20,27,30,33,35H,8-9,12-13,21-24,40H2,1-5H3,(H,41,52)(H,42,51)(H,43,50)(H,44,45,46,47)/t27-,30-,35-/m0/s1. The van der Waals surface area contributed by atoms with Gasteiger partial charge in [-0.3, -0.25) is 14.4 Å². The van der Waals surface area contributed by atoms with Crippen molar-refractivity contribution >= 4 is 23.4 Å². The topological polar surface area (TPSA) is 174 Å². The van der Waals surface area contributed by atoms with Crippen LogP contribution in [0.5, 0.6) is 0 Å². The van der Waals surface area contributed by atoms with Gasteiger partial charge in [0, 0.05) is 42.2 Å². The zero-order valence-electron chi connectivity index (χ0n) is 30.9. The van der Waals surface area contributed by atoms with Crippen LogP contribution < -0.4 is 21.7 Å². The number of hydrogen-bond acceptors (Lipinski definition) is 9. The van der Waals surface area contributed by atoms with Gasteiger partial charge in [0.25, 0.3) is 5.91 Å². The van der Waals surface area contributed by atoms with Crippen molar-refractivity contribution in [2.75, 3.05) is 53.1 Å². The van der Waals surface area contributed by atoms with Crippen LogP contribution in [0.15, 0.2) is 66.7 Å². The van der Waals surface area contributed by atoms with Crippen molar-refractivity contribution in [3.8, 4) is 22.5 Å². The Balaban J connectivity index is 1.28. The average Bonchev–Trinajstić information content (AvgIpc) is 3.67. The third-order valence-electron chi connectivity index (χ3n) is 9.64. The van der Waals surface area contributed by atoms with Crippen LogP contribution in [0, 0.1) is 18.8 Å². The molecule has 13 heteroatoms. The average molecular weight is 709 g/mol. The van der Waals surface area contributed by atoms with Crippen LogP contribution in [0.2, 0.25) is 0 Å². The summed E-state index contributed by atoms with van der Waals surface area (Å²) in [5.74, 6) is 0.257. The predicted octanol–water partition coefficient (Wildman–Crippen LogP) is 3.49. The largest absolute Gasteiger partial charge is 0.347 e. The number of rotatable bonds is 15. The number of nitrogens with zero attached hydrogens (tertiary/aromatic N) is 5. The number of carbonyl (C=O) groups is 3. The first-order valence-corrected chi connectivity index (χ1v) is 17.9. The van der Waals surface area contributed by atoms with E-state index in [2.05, 4.69) is 46.4 Å². The van der Waals surface area contributed by atoms with E-state index in [-0.39, 0.29) is 29.7 Å². The number of tetrazole rings is 1. The van der Waals surface area contributed by atoms with Crippen LogP contribution in [0.1, 0.15) is 47.2 Å². The zero-order chi connectivity index (χ0) is 37.2. The molecule has 1 atom stereocenters. The van der Waals surface area contributed by atoms with E-state index in [4.69, 9.17) is 5.73 Å². The van der Waals surface area contributed by atoms with Gasteiger partial charge in [0.1, 0.15) is 6.04 Å². The van der Waals surface area contributed by atoms with Crippen molar-refractivity contribution < 1.29 is 14.4 Å². The highest BCUT2D eigenvalue weighted by molar-refractivity contribution is 5.98. The molecule has 5 rings (SSSR count). The molecule has 1 aliphatic rings. The highest BCUT2D eigenvalue weighted by Crippen LogP contribution is 2.29. The fourth-order valence-electron chi connectivity index (χ4n) is 6.86. The maximum atomic E-state index is 13.7. The Morgan fingerprint density at radius 1 is 0.865 bits per heavy atom. The normalized spacial score (nSPS) is 16.6. The minimum Gasteiger partial charge on any atom is -0.347 e. The Bertz CT molecular complexity index is 1760. The highest BCUT2D eigenvalue weighted by Gasteiger charge is 2.29. The van der Waals surface area contributed by atoms with Gasteiger partial charge in [0.05, 0.1) is 6.04 Å². The minimum absolute atomic E-state index is 0.00444. The molecular formula is C39H52N10O3. The molecule has 4 aromatic rings. The van der Waals surface area contributed by atoms with Crippen molar-refractivity contribution in [3.05, 3.63) is 83.4 Å². The van der Waals surface area contributed by atoms with Gasteiger partial charge in [0.15, 0.2) is 0 Å². The van der Waals surface area contributed by atoms with Crippen LogP contribution in [0.3, 0.4) is 0 Å². The number of amides is 3. The van der Waals surface area contributed by atoms with E-state index >= 15 is 0 Å². The SMILES string of the molecule is Cc1cc(C(=O)NC(CN(C)C)CN(C)C)ccc1-c1ccc(C[C@H](NC(=O)[C@H]2CC[C@H](CN)CC2)C(=O)Nc2ccc(-c3nn[nH]n3)cc2)cc1. The Labute approximate surface area is 306 Å². The first kappa shape index (κ1) is 38.3. The lowest BCUT2D eigenvalue weighted by Crippen LogP contribution is -2.48. The Morgan fingerprint density at radius 3 is 2.10 bits per heavy atom. The molecule has 1 fully saturated rings. The van der Waals surface area contributed by atoms with Crippen LogP contribution in [0.4, 0.5) is 5.69 Å². The number of H-pyrrole nitrogens is 1. The molecule has 1 saturated carbocycles. The molecular weight excluding hydrogens is 656 g/mol. The third kappa shape index (κ3) is 10.5. The summed E-state index contributed by atoms with van der Waals surface area (Å²) in [6, 6.07) is 20.1. The summed E-state index contributed by atoms with van der Waals surface area (Å²) < 4.78 is 0. The summed E-state index contributed by atoms with van der Waals surface area (Å²) in [5.41, 5.74) is 11.7. The van der Waals surface area contributed by atoms with Crippen LogP contribution >= 0.6 is 0 Å². The van der Waals surface area contributed by atoms with Crippen molar-refractivity contribution in [3.63, 3.8) is 0 Å². The van der Waals surface area contributed by atoms with Gasteiger partial charge < -0.3 is 31.5 Å². The van der Waals surface area contributed by atoms with E-state index in [0.29, 0.717) is 36.0 Å². The minimum atomic E-state index is -0.786. The van der Waals surface area contributed by atoms with Crippen molar-refractivity contribution in [2.45, 2.75) is 51.1 Å². The highest BCUT2D eigenvalue weighted by atomic mass is 16.2. The van der Waals surface area contributed by atoms with E-state index < -0.39 is 6.04 Å². The van der Waals surface area contributed by atoms with Gasteiger partial charge in [-0.2, -0.15) is 5.21 Å². The number of aromatic nitrogens is 4. The molecule has 1 aliphatic carbocycles. The number of nitrogens with one attached hydrogen (secondary N) is 4. The second kappa shape index (κ2) is 18.0. The summed E-state index contributed by atoms with van der Waals surface area (Å²) in [5, 5.41) is 23.3. The number of anilines is 1. The van der Waals surface area contributed by atoms with Crippen molar-refractivity contribution in [1.82, 2.24) is 41.1 Å². The Morgan fingerprint density at radius 2 is 1.52 bits per heavy atom. The summed E-state index contributed by atoms with van der Waals surface area (Å²) in [6.07, 6.45) is 3.67. The number of aromatic amines is 1. The lowest BCUT2D eigenvalue weighted by Gasteiger charge is -2.28. The summed E-state index contributed by atoms with van der Waals surface area (Å²) >= 11 is 0. The van der Waals surface area contributed by atoms with Gasteiger partial charge in [-0.05, 0) is 137 Å². The zero-order valence-corrected chi connectivity index (χ0v) is 30.9. The molecule has 1 aromatic heterocycles. The first-order chi connectivity index (χ1) is 25.0. The fourth-order valence-corrected chi connectivity index (χ4v) is 6.86. The number of hydrogen-bond donors (Lipinski definition) is 5. The first-order valence-electron chi connectivity index (χ1n) is 17.9. The van der Waals surface area contributed by atoms with Gasteiger partial charge in [-0.25, -0.2) is 0 Å². The number of likely N-dealkylation sites (N-methyl/N-ethyl adjacent to an activating group) is 2. The van der Waals surface area contributed by atoms with E-state index in [9.17, 15) is 14.4 Å². The number of aryl methyl sites for hydroxylation is 1. The fraction of sp³-hybridized carbons (Fsp3) is 0.436. The monoisotopic (exact) mass is 708 g/mol. The Hall–Kier alpha value is -4.98. The molecule has 276 valence electrons. The van der Waals surface area contributed by atoms with Crippen LogP contribution in [-0.2, 0) is 16.0 Å².